The van der Waals surface area contributed by atoms with E-state index in [-0.39, 0.29) is 24.6 Å². The van der Waals surface area contributed by atoms with Gasteiger partial charge in [-0.05, 0) is 42.0 Å². The highest BCUT2D eigenvalue weighted by Gasteiger charge is 2.47. The van der Waals surface area contributed by atoms with Gasteiger partial charge in [-0.3, -0.25) is 14.6 Å². The maximum absolute atomic E-state index is 13.5. The number of hydrogen-bond donors (Lipinski definition) is 0. The second-order valence-electron chi connectivity index (χ2n) is 9.83. The van der Waals surface area contributed by atoms with Gasteiger partial charge in [0.1, 0.15) is 12.5 Å². The van der Waals surface area contributed by atoms with Gasteiger partial charge in [0.25, 0.3) is 0 Å². The van der Waals surface area contributed by atoms with Crippen LogP contribution in [0.1, 0.15) is 50.7 Å². The second-order valence-corrected chi connectivity index (χ2v) is 10.7. The van der Waals surface area contributed by atoms with Crippen molar-refractivity contribution in [3.63, 3.8) is 0 Å². The summed E-state index contributed by atoms with van der Waals surface area (Å²) in [6.45, 7) is 6.29. The fourth-order valence-corrected chi connectivity index (χ4v) is 5.65. The summed E-state index contributed by atoms with van der Waals surface area (Å²) in [7, 11) is 0. The molecular weight excluding hydrogens is 498 g/mol. The van der Waals surface area contributed by atoms with E-state index in [1.807, 2.05) is 49.4 Å². The minimum Gasteiger partial charge on any atom is -0.460 e. The Bertz CT molecular complexity index is 1230. The van der Waals surface area contributed by atoms with Gasteiger partial charge in [0.2, 0.25) is 6.79 Å². The predicted molar refractivity (Wildman–Crippen MR) is 131 cm³/mol. The Morgan fingerprint density at radius 1 is 1.15 bits per heavy atom. The van der Waals surface area contributed by atoms with Crippen LogP contribution in [0.25, 0.3) is 0 Å². The molecule has 0 bridgehead atoms. The summed E-state index contributed by atoms with van der Waals surface area (Å²) in [5.41, 5.74) is 3.53. The van der Waals surface area contributed by atoms with Crippen LogP contribution < -0.4 is 9.47 Å². The number of allylic oxidation sites excluding steroid dienone is 2. The first-order valence-electron chi connectivity index (χ1n) is 11.3. The molecule has 2 heterocycles. The first kappa shape index (κ1) is 22.8. The van der Waals surface area contributed by atoms with Crippen LogP contribution in [0.15, 0.2) is 63.2 Å². The second kappa shape index (κ2) is 8.69. The Hall–Kier alpha value is -2.93. The number of aliphatic imine (C=N–C) groups is 1. The van der Waals surface area contributed by atoms with Crippen LogP contribution >= 0.6 is 15.9 Å². The number of Topliss-reactive ketones (excluding diaryl/α,β-unsaturated/α-hetero) is 1. The smallest absolute Gasteiger partial charge is 0.315 e. The fourth-order valence-electron chi connectivity index (χ4n) is 5.08. The number of ether oxygens (including phenoxy) is 3. The SMILES string of the molecule is CC1=NC2=C(C(=O)CC(C)(C)C2)[C@H](c2cc3c(cc2Br)OCO3)C1C(=O)OCc1ccccc1. The molecule has 7 heteroatoms. The molecule has 6 nitrogen and oxygen atoms in total. The summed E-state index contributed by atoms with van der Waals surface area (Å²) in [6, 6.07) is 13.3. The van der Waals surface area contributed by atoms with E-state index in [0.717, 1.165) is 21.3 Å². The van der Waals surface area contributed by atoms with Crippen molar-refractivity contribution in [3.8, 4) is 11.5 Å². The highest BCUT2D eigenvalue weighted by atomic mass is 79.9. The van der Waals surface area contributed by atoms with Gasteiger partial charge >= 0.3 is 5.97 Å². The maximum atomic E-state index is 13.5. The molecule has 0 amide bonds. The lowest BCUT2D eigenvalue weighted by Gasteiger charge is -2.39. The molecule has 5 rings (SSSR count). The van der Waals surface area contributed by atoms with E-state index in [1.54, 1.807) is 0 Å². The lowest BCUT2D eigenvalue weighted by molar-refractivity contribution is -0.148. The molecule has 1 aliphatic carbocycles. The van der Waals surface area contributed by atoms with Crippen LogP contribution in [0, 0.1) is 11.3 Å². The third-order valence-corrected chi connectivity index (χ3v) is 7.29. The van der Waals surface area contributed by atoms with Crippen molar-refractivity contribution in [2.24, 2.45) is 16.3 Å². The van der Waals surface area contributed by atoms with Crippen molar-refractivity contribution < 1.29 is 23.8 Å². The molecule has 176 valence electrons. The van der Waals surface area contributed by atoms with Crippen LogP contribution in [0.3, 0.4) is 0 Å². The molecule has 3 aliphatic rings. The topological polar surface area (TPSA) is 74.2 Å². The number of esters is 1. The first-order chi connectivity index (χ1) is 16.2. The number of ketones is 1. The van der Waals surface area contributed by atoms with Gasteiger partial charge in [0.05, 0.1) is 0 Å². The lowest BCUT2D eigenvalue weighted by atomic mass is 9.67. The molecule has 34 heavy (non-hydrogen) atoms. The van der Waals surface area contributed by atoms with Crippen LogP contribution in [0.4, 0.5) is 0 Å². The zero-order chi connectivity index (χ0) is 24.0. The molecule has 0 radical (unpaired) electrons. The third kappa shape index (κ3) is 4.17. The summed E-state index contributed by atoms with van der Waals surface area (Å²) in [6.07, 6.45) is 1.08. The van der Waals surface area contributed by atoms with Crippen molar-refractivity contribution in [2.45, 2.75) is 46.1 Å². The highest BCUT2D eigenvalue weighted by Crippen LogP contribution is 2.51. The van der Waals surface area contributed by atoms with Gasteiger partial charge in [-0.15, -0.1) is 0 Å². The lowest BCUT2D eigenvalue weighted by Crippen LogP contribution is -2.39. The molecule has 0 saturated heterocycles. The van der Waals surface area contributed by atoms with Gasteiger partial charge in [0.15, 0.2) is 17.3 Å². The zero-order valence-electron chi connectivity index (χ0n) is 19.4. The summed E-state index contributed by atoms with van der Waals surface area (Å²) in [5, 5.41) is 0. The van der Waals surface area contributed by atoms with Crippen LogP contribution in [0.2, 0.25) is 0 Å². The van der Waals surface area contributed by atoms with E-state index >= 15 is 0 Å². The Morgan fingerprint density at radius 2 is 1.85 bits per heavy atom. The molecule has 0 saturated carbocycles. The number of benzene rings is 2. The number of halogens is 1. The number of rotatable bonds is 4. The van der Waals surface area contributed by atoms with Gasteiger partial charge in [-0.1, -0.05) is 60.1 Å². The number of fused-ring (bicyclic) bond motifs is 1. The molecule has 2 atom stereocenters. The standard InChI is InChI=1S/C27H26BrNO5/c1-15-23(26(31)32-13-16-7-5-4-6-8-16)24(17-9-21-22(10-18(17)28)34-14-33-21)25-19(29-15)11-27(2,3)12-20(25)30/h4-10,23-24H,11-14H2,1-3H3/t23?,24-/m1/s1. The van der Waals surface area contributed by atoms with Crippen LogP contribution in [-0.2, 0) is 20.9 Å². The molecule has 1 unspecified atom stereocenters. The molecule has 0 spiro atoms. The minimum atomic E-state index is -0.718. The Kier molecular flexibility index (Phi) is 5.84. The van der Waals surface area contributed by atoms with E-state index in [9.17, 15) is 9.59 Å². The summed E-state index contributed by atoms with van der Waals surface area (Å²) < 4.78 is 17.6. The Labute approximate surface area is 207 Å². The van der Waals surface area contributed by atoms with Gasteiger partial charge in [-0.25, -0.2) is 0 Å². The van der Waals surface area contributed by atoms with Gasteiger partial charge < -0.3 is 14.2 Å². The van der Waals surface area contributed by atoms with E-state index in [4.69, 9.17) is 19.2 Å². The molecule has 2 aromatic rings. The number of carbonyl (C=O) groups excluding carboxylic acids is 2. The minimum absolute atomic E-state index is 0.0259. The molecular formula is C27H26BrNO5. The van der Waals surface area contributed by atoms with Gasteiger partial charge in [0, 0.05) is 33.8 Å². The Morgan fingerprint density at radius 3 is 2.59 bits per heavy atom. The number of hydrogen-bond acceptors (Lipinski definition) is 6. The fraction of sp³-hybridized carbons (Fsp3) is 0.370. The van der Waals surface area contributed by atoms with Crippen molar-refractivity contribution >= 4 is 33.4 Å². The summed E-state index contributed by atoms with van der Waals surface area (Å²) in [4.78, 5) is 31.8. The largest absolute Gasteiger partial charge is 0.460 e. The molecule has 0 fully saturated rings. The quantitative estimate of drug-likeness (QED) is 0.477. The average molecular weight is 524 g/mol. The maximum Gasteiger partial charge on any atom is 0.315 e. The van der Waals surface area contributed by atoms with E-state index in [2.05, 4.69) is 29.8 Å². The molecule has 0 aromatic heterocycles. The Balaban J connectivity index is 1.58. The van der Waals surface area contributed by atoms with Gasteiger partial charge in [-0.2, -0.15) is 0 Å². The molecule has 0 N–H and O–H groups in total. The number of carbonyl (C=O) groups is 2. The monoisotopic (exact) mass is 523 g/mol. The molecule has 2 aliphatic heterocycles. The number of nitrogens with zero attached hydrogens (tertiary/aromatic N) is 1. The van der Waals surface area contributed by atoms with Crippen molar-refractivity contribution in [3.05, 3.63) is 69.3 Å². The molecule has 2 aromatic carbocycles. The van der Waals surface area contributed by atoms with Crippen molar-refractivity contribution in [1.82, 2.24) is 0 Å². The van der Waals surface area contributed by atoms with Crippen molar-refractivity contribution in [1.29, 1.82) is 0 Å². The van der Waals surface area contributed by atoms with E-state index in [0.29, 0.717) is 35.6 Å². The van der Waals surface area contributed by atoms with E-state index < -0.39 is 17.8 Å². The normalized spacial score (nSPS) is 22.8. The van der Waals surface area contributed by atoms with E-state index in [1.165, 1.54) is 0 Å². The van der Waals surface area contributed by atoms with Crippen molar-refractivity contribution in [2.75, 3.05) is 6.79 Å². The zero-order valence-corrected chi connectivity index (χ0v) is 21.0. The van der Waals surface area contributed by atoms with Crippen LogP contribution in [0.5, 0.6) is 11.5 Å². The summed E-state index contributed by atoms with van der Waals surface area (Å²) >= 11 is 3.66. The first-order valence-corrected chi connectivity index (χ1v) is 12.1. The average Bonchev–Trinajstić information content (AvgIpc) is 3.23. The predicted octanol–water partition coefficient (Wildman–Crippen LogP) is 5.74. The highest BCUT2D eigenvalue weighted by molar-refractivity contribution is 9.10. The summed E-state index contributed by atoms with van der Waals surface area (Å²) in [5.74, 6) is -0.389. The third-order valence-electron chi connectivity index (χ3n) is 6.61. The van der Waals surface area contributed by atoms with Crippen LogP contribution in [-0.4, -0.2) is 24.3 Å².